The van der Waals surface area contributed by atoms with E-state index in [1.807, 2.05) is 31.2 Å². The van der Waals surface area contributed by atoms with Gasteiger partial charge in [-0.2, -0.15) is 0 Å². The normalized spacial score (nSPS) is 14.5. The van der Waals surface area contributed by atoms with E-state index in [2.05, 4.69) is 15.4 Å². The number of aromatic amines is 1. The minimum absolute atomic E-state index is 0.0960. The van der Waals surface area contributed by atoms with E-state index in [-0.39, 0.29) is 11.8 Å². The lowest BCUT2D eigenvalue weighted by molar-refractivity contribution is -0.645. The average molecular weight is 243 g/mol. The SMILES string of the molecule is Cc1cc(NC(=O)C2CC2)[n+](-c2ccccn2)[nH]1. The van der Waals surface area contributed by atoms with Crippen molar-refractivity contribution >= 4 is 11.7 Å². The van der Waals surface area contributed by atoms with Gasteiger partial charge in [0.05, 0.1) is 5.92 Å². The van der Waals surface area contributed by atoms with Gasteiger partial charge in [0.15, 0.2) is 0 Å². The van der Waals surface area contributed by atoms with Gasteiger partial charge in [0.2, 0.25) is 0 Å². The fraction of sp³-hybridized carbons (Fsp3) is 0.308. The molecule has 18 heavy (non-hydrogen) atoms. The zero-order chi connectivity index (χ0) is 12.5. The van der Waals surface area contributed by atoms with E-state index in [0.717, 1.165) is 30.2 Å². The van der Waals surface area contributed by atoms with Gasteiger partial charge in [-0.05, 0) is 25.8 Å². The molecule has 0 bridgehead atoms. The van der Waals surface area contributed by atoms with Gasteiger partial charge in [-0.25, -0.2) is 10.4 Å². The van der Waals surface area contributed by atoms with Crippen molar-refractivity contribution in [1.82, 2.24) is 10.1 Å². The number of rotatable bonds is 3. The van der Waals surface area contributed by atoms with Crippen molar-refractivity contribution in [3.05, 3.63) is 36.2 Å². The summed E-state index contributed by atoms with van der Waals surface area (Å²) in [6.07, 6.45) is 3.72. The van der Waals surface area contributed by atoms with Crippen LogP contribution in [0.15, 0.2) is 30.5 Å². The maximum Gasteiger partial charge on any atom is 0.284 e. The number of nitrogens with one attached hydrogen (secondary N) is 2. The Hall–Kier alpha value is -2.17. The summed E-state index contributed by atoms with van der Waals surface area (Å²) in [6, 6.07) is 7.58. The number of nitrogens with zero attached hydrogens (tertiary/aromatic N) is 2. The maximum atomic E-state index is 11.8. The molecule has 0 spiro atoms. The molecule has 5 nitrogen and oxygen atoms in total. The first-order chi connectivity index (χ1) is 8.74. The number of carbonyl (C=O) groups is 1. The van der Waals surface area contributed by atoms with Crippen molar-refractivity contribution in [2.45, 2.75) is 19.8 Å². The fourth-order valence-electron chi connectivity index (χ4n) is 1.87. The molecule has 5 heteroatoms. The molecule has 1 fully saturated rings. The quantitative estimate of drug-likeness (QED) is 0.799. The van der Waals surface area contributed by atoms with Crippen molar-refractivity contribution in [2.24, 2.45) is 5.92 Å². The molecule has 1 amide bonds. The number of amides is 1. The second-order valence-corrected chi connectivity index (χ2v) is 4.61. The van der Waals surface area contributed by atoms with Crippen LogP contribution < -0.4 is 10.00 Å². The molecule has 1 aliphatic carbocycles. The highest BCUT2D eigenvalue weighted by molar-refractivity contribution is 5.92. The van der Waals surface area contributed by atoms with Crippen LogP contribution in [0.2, 0.25) is 0 Å². The van der Waals surface area contributed by atoms with Gasteiger partial charge in [-0.15, -0.1) is 9.67 Å². The van der Waals surface area contributed by atoms with E-state index in [1.54, 1.807) is 10.9 Å². The van der Waals surface area contributed by atoms with Crippen LogP contribution in [-0.4, -0.2) is 16.0 Å². The highest BCUT2D eigenvalue weighted by Gasteiger charge is 2.33. The molecule has 0 radical (unpaired) electrons. The Morgan fingerprint density at radius 3 is 3.00 bits per heavy atom. The molecule has 2 aromatic rings. The first-order valence-electron chi connectivity index (χ1n) is 6.08. The molecule has 0 atom stereocenters. The molecular weight excluding hydrogens is 228 g/mol. The molecule has 0 aromatic carbocycles. The number of hydrogen-bond acceptors (Lipinski definition) is 2. The number of H-pyrrole nitrogens is 1. The summed E-state index contributed by atoms with van der Waals surface area (Å²) in [5.41, 5.74) is 0.978. The monoisotopic (exact) mass is 243 g/mol. The molecule has 2 heterocycles. The van der Waals surface area contributed by atoms with Crippen LogP contribution >= 0.6 is 0 Å². The topological polar surface area (TPSA) is 61.7 Å². The summed E-state index contributed by atoms with van der Waals surface area (Å²) in [5.74, 6) is 1.79. The molecule has 92 valence electrons. The Labute approximate surface area is 105 Å². The standard InChI is InChI=1S/C13H14N4O/c1-9-8-12(15-13(18)10-5-6-10)17(16-9)11-4-2-3-7-14-11/h2-4,7-8,10H,5-6H2,1H3,(H,15,16,18)/p+1. The van der Waals surface area contributed by atoms with Gasteiger partial charge >= 0.3 is 0 Å². The molecule has 3 rings (SSSR count). The number of carbonyl (C=O) groups excluding carboxylic acids is 1. The number of aromatic nitrogens is 3. The Balaban J connectivity index is 1.92. The molecular formula is C13H15N4O+. The number of aryl methyl sites for hydroxylation is 1. The number of hydrogen-bond donors (Lipinski definition) is 2. The van der Waals surface area contributed by atoms with Crippen molar-refractivity contribution in [3.63, 3.8) is 0 Å². The van der Waals surface area contributed by atoms with Gasteiger partial charge in [0.25, 0.3) is 17.5 Å². The van der Waals surface area contributed by atoms with Crippen LogP contribution in [0, 0.1) is 12.8 Å². The third-order valence-corrected chi connectivity index (χ3v) is 2.96. The van der Waals surface area contributed by atoms with E-state index < -0.39 is 0 Å². The number of pyridine rings is 1. The number of anilines is 1. The lowest BCUT2D eigenvalue weighted by Crippen LogP contribution is -2.38. The minimum atomic E-state index is 0.0960. The van der Waals surface area contributed by atoms with Crippen LogP contribution in [0.1, 0.15) is 18.5 Å². The first kappa shape index (κ1) is 11.0. The van der Waals surface area contributed by atoms with Crippen molar-refractivity contribution < 1.29 is 9.48 Å². The predicted molar refractivity (Wildman–Crippen MR) is 66.2 cm³/mol. The van der Waals surface area contributed by atoms with E-state index in [4.69, 9.17) is 0 Å². The Kier molecular flexibility index (Phi) is 2.59. The Morgan fingerprint density at radius 1 is 1.50 bits per heavy atom. The van der Waals surface area contributed by atoms with Crippen LogP contribution in [0.4, 0.5) is 5.82 Å². The lowest BCUT2D eigenvalue weighted by atomic mass is 10.4. The predicted octanol–water partition coefficient (Wildman–Crippen LogP) is 1.34. The van der Waals surface area contributed by atoms with E-state index in [9.17, 15) is 4.79 Å². The molecule has 0 saturated heterocycles. The molecule has 1 aliphatic rings. The van der Waals surface area contributed by atoms with Crippen molar-refractivity contribution in [1.29, 1.82) is 0 Å². The van der Waals surface area contributed by atoms with E-state index >= 15 is 0 Å². The third-order valence-electron chi connectivity index (χ3n) is 2.96. The maximum absolute atomic E-state index is 11.8. The summed E-state index contributed by atoms with van der Waals surface area (Å²) in [4.78, 5) is 16.1. The fourth-order valence-corrected chi connectivity index (χ4v) is 1.87. The van der Waals surface area contributed by atoms with Crippen LogP contribution in [-0.2, 0) is 4.79 Å². The van der Waals surface area contributed by atoms with Crippen molar-refractivity contribution in [2.75, 3.05) is 5.32 Å². The largest absolute Gasteiger partial charge is 0.284 e. The first-order valence-corrected chi connectivity index (χ1v) is 6.08. The minimum Gasteiger partial charge on any atom is -0.256 e. The van der Waals surface area contributed by atoms with Crippen LogP contribution in [0.25, 0.3) is 5.82 Å². The van der Waals surface area contributed by atoms with Crippen LogP contribution in [0.3, 0.4) is 0 Å². The molecule has 2 aromatic heterocycles. The van der Waals surface area contributed by atoms with Crippen molar-refractivity contribution in [3.8, 4) is 5.82 Å². The lowest BCUT2D eigenvalue weighted by Gasteiger charge is -2.00. The summed E-state index contributed by atoms with van der Waals surface area (Å²) >= 11 is 0. The van der Waals surface area contributed by atoms with E-state index in [0.29, 0.717) is 0 Å². The van der Waals surface area contributed by atoms with E-state index in [1.165, 1.54) is 0 Å². The summed E-state index contributed by atoms with van der Waals surface area (Å²) < 4.78 is 1.79. The van der Waals surface area contributed by atoms with Gasteiger partial charge in [-0.3, -0.25) is 4.79 Å². The second kappa shape index (κ2) is 4.25. The Morgan fingerprint density at radius 2 is 2.33 bits per heavy atom. The highest BCUT2D eigenvalue weighted by atomic mass is 16.2. The van der Waals surface area contributed by atoms with Crippen LogP contribution in [0.5, 0.6) is 0 Å². The smallest absolute Gasteiger partial charge is 0.256 e. The van der Waals surface area contributed by atoms with Gasteiger partial charge in [-0.1, -0.05) is 6.07 Å². The summed E-state index contributed by atoms with van der Waals surface area (Å²) in [7, 11) is 0. The average Bonchev–Trinajstić information content (AvgIpc) is 3.16. The zero-order valence-corrected chi connectivity index (χ0v) is 10.2. The summed E-state index contributed by atoms with van der Waals surface area (Å²) in [6.45, 7) is 1.95. The summed E-state index contributed by atoms with van der Waals surface area (Å²) in [5, 5.41) is 6.11. The molecule has 0 aliphatic heterocycles. The third kappa shape index (κ3) is 2.11. The second-order valence-electron chi connectivity index (χ2n) is 4.61. The molecule has 0 unspecified atom stereocenters. The van der Waals surface area contributed by atoms with Gasteiger partial charge in [0, 0.05) is 17.8 Å². The zero-order valence-electron chi connectivity index (χ0n) is 10.2. The molecule has 1 saturated carbocycles. The molecule has 2 N–H and O–H groups in total. The highest BCUT2D eigenvalue weighted by Crippen LogP contribution is 2.29. The Bertz CT molecular complexity index is 572. The van der Waals surface area contributed by atoms with Gasteiger partial charge < -0.3 is 0 Å². The van der Waals surface area contributed by atoms with Gasteiger partial charge in [0.1, 0.15) is 6.20 Å².